The van der Waals surface area contributed by atoms with Crippen LogP contribution in [0.3, 0.4) is 0 Å². The van der Waals surface area contributed by atoms with Gasteiger partial charge in [-0.05, 0) is 77.9 Å². The Bertz CT molecular complexity index is 2190. The highest BCUT2D eigenvalue weighted by Gasteiger charge is 2.24. The number of thiazole rings is 1. The second kappa shape index (κ2) is 16.2. The maximum absolute atomic E-state index is 13.8. The number of fused-ring (bicyclic) bond motifs is 1. The number of nitrogens with one attached hydrogen (secondary N) is 3. The summed E-state index contributed by atoms with van der Waals surface area (Å²) in [7, 11) is 5.51. The Hall–Kier alpha value is -5.91. The first-order chi connectivity index (χ1) is 24.7. The Balaban J connectivity index is 1.23. The second-order valence-corrected chi connectivity index (χ2v) is 13.8. The molecule has 5 aromatic carbocycles. The van der Waals surface area contributed by atoms with Crippen molar-refractivity contribution in [3.63, 3.8) is 0 Å². The fourth-order valence-corrected chi connectivity index (χ4v) is 7.10. The third kappa shape index (κ3) is 9.01. The summed E-state index contributed by atoms with van der Waals surface area (Å²) in [6.45, 7) is 0. The van der Waals surface area contributed by atoms with Crippen molar-refractivity contribution in [1.82, 2.24) is 10.3 Å². The van der Waals surface area contributed by atoms with E-state index in [2.05, 4.69) is 20.9 Å². The monoisotopic (exact) mass is 713 g/mol. The molecule has 3 N–H and O–H groups in total. The third-order valence-electron chi connectivity index (χ3n) is 7.76. The normalized spacial score (nSPS) is 11.8. The minimum Gasteiger partial charge on any atom is -0.497 e. The minimum atomic E-state index is -0.621. The SMILES string of the molecule is COc1ccc2nc(NC(=O)C(Sc3cccc(NC(=O)/C(=C\c4ccc(N(C)C)cc4)NC(=O)c4ccccc4)c3)c3ccccc3)sc2c1. The van der Waals surface area contributed by atoms with E-state index in [1.807, 2.05) is 110 Å². The van der Waals surface area contributed by atoms with Crippen molar-refractivity contribution in [2.45, 2.75) is 10.1 Å². The molecular formula is C40H35N5O4S2. The van der Waals surface area contributed by atoms with E-state index < -0.39 is 17.1 Å². The molecule has 0 spiro atoms. The summed E-state index contributed by atoms with van der Waals surface area (Å²) in [5.41, 5.74) is 4.33. The molecule has 0 fully saturated rings. The van der Waals surface area contributed by atoms with Gasteiger partial charge >= 0.3 is 0 Å². The lowest BCUT2D eigenvalue weighted by atomic mass is 10.1. The molecule has 0 saturated carbocycles. The average Bonchev–Trinajstić information content (AvgIpc) is 3.56. The molecule has 6 rings (SSSR count). The Kier molecular flexibility index (Phi) is 11.1. The second-order valence-electron chi connectivity index (χ2n) is 11.6. The number of carbonyl (C=O) groups excluding carboxylic acids is 3. The van der Waals surface area contributed by atoms with Crippen molar-refractivity contribution in [3.8, 4) is 5.75 Å². The minimum absolute atomic E-state index is 0.0782. The topological polar surface area (TPSA) is 113 Å². The summed E-state index contributed by atoms with van der Waals surface area (Å²) in [4.78, 5) is 48.0. The van der Waals surface area contributed by atoms with Gasteiger partial charge in [-0.3, -0.25) is 14.4 Å². The highest BCUT2D eigenvalue weighted by Crippen LogP contribution is 2.38. The van der Waals surface area contributed by atoms with Gasteiger partial charge in [0.2, 0.25) is 5.91 Å². The number of ether oxygens (including phenoxy) is 1. The summed E-state index contributed by atoms with van der Waals surface area (Å²) in [5.74, 6) is -0.424. The Morgan fingerprint density at radius 1 is 0.824 bits per heavy atom. The van der Waals surface area contributed by atoms with Gasteiger partial charge in [0.05, 0.1) is 17.3 Å². The molecular weight excluding hydrogens is 679 g/mol. The summed E-state index contributed by atoms with van der Waals surface area (Å²) in [5, 5.41) is 8.59. The van der Waals surface area contributed by atoms with Crippen molar-refractivity contribution >= 4 is 73.6 Å². The van der Waals surface area contributed by atoms with Gasteiger partial charge in [0.15, 0.2) is 5.13 Å². The molecule has 0 bridgehead atoms. The molecule has 256 valence electrons. The zero-order valence-electron chi connectivity index (χ0n) is 28.1. The summed E-state index contributed by atoms with van der Waals surface area (Å²) < 4.78 is 6.23. The average molecular weight is 714 g/mol. The van der Waals surface area contributed by atoms with E-state index in [1.165, 1.54) is 23.1 Å². The molecule has 0 radical (unpaired) electrons. The molecule has 1 unspecified atom stereocenters. The first kappa shape index (κ1) is 34.9. The molecule has 1 atom stereocenters. The summed E-state index contributed by atoms with van der Waals surface area (Å²) in [6.07, 6.45) is 1.64. The standard InChI is InChI=1S/C40H35N5O4S2/c1-45(2)30-19-17-26(18-20-30)23-34(42-37(46)28-13-8-5-9-14-28)38(47)41-29-15-10-16-32(24-29)50-36(27-11-6-4-7-12-27)39(48)44-40-43-33-22-21-31(49-3)25-35(33)51-40/h4-25,36H,1-3H3,(H,41,47)(H,42,46)(H,43,44,48)/b34-23+. The molecule has 0 saturated heterocycles. The molecule has 1 aromatic heterocycles. The number of anilines is 3. The van der Waals surface area contributed by atoms with Crippen LogP contribution in [-0.2, 0) is 9.59 Å². The number of thioether (sulfide) groups is 1. The molecule has 0 aliphatic rings. The van der Waals surface area contributed by atoms with Crippen LogP contribution >= 0.6 is 23.1 Å². The lowest BCUT2D eigenvalue weighted by Crippen LogP contribution is -2.30. The van der Waals surface area contributed by atoms with E-state index in [0.29, 0.717) is 22.1 Å². The van der Waals surface area contributed by atoms with Crippen molar-refractivity contribution in [2.24, 2.45) is 0 Å². The molecule has 6 aromatic rings. The Morgan fingerprint density at radius 3 is 2.25 bits per heavy atom. The third-order valence-corrected chi connectivity index (χ3v) is 9.94. The van der Waals surface area contributed by atoms with Gasteiger partial charge in [-0.2, -0.15) is 0 Å². The van der Waals surface area contributed by atoms with Gasteiger partial charge in [0.1, 0.15) is 16.7 Å². The van der Waals surface area contributed by atoms with Crippen LogP contribution in [0.2, 0.25) is 0 Å². The van der Waals surface area contributed by atoms with Crippen LogP contribution in [-0.4, -0.2) is 43.9 Å². The molecule has 11 heteroatoms. The molecule has 9 nitrogen and oxygen atoms in total. The molecule has 51 heavy (non-hydrogen) atoms. The van der Waals surface area contributed by atoms with Crippen molar-refractivity contribution < 1.29 is 19.1 Å². The molecule has 0 aliphatic carbocycles. The number of hydrogen-bond acceptors (Lipinski definition) is 8. The van der Waals surface area contributed by atoms with Gasteiger partial charge in [0.25, 0.3) is 11.8 Å². The smallest absolute Gasteiger partial charge is 0.272 e. The number of amides is 3. The van der Waals surface area contributed by atoms with Crippen molar-refractivity contribution in [1.29, 1.82) is 0 Å². The van der Waals surface area contributed by atoms with E-state index >= 15 is 0 Å². The summed E-state index contributed by atoms with van der Waals surface area (Å²) >= 11 is 2.72. The van der Waals surface area contributed by atoms with E-state index in [-0.39, 0.29) is 11.6 Å². The van der Waals surface area contributed by atoms with Crippen LogP contribution < -0.4 is 25.6 Å². The van der Waals surface area contributed by atoms with E-state index in [9.17, 15) is 14.4 Å². The highest BCUT2D eigenvalue weighted by atomic mass is 32.2. The van der Waals surface area contributed by atoms with E-state index in [1.54, 1.807) is 49.6 Å². The Labute approximate surface area is 304 Å². The van der Waals surface area contributed by atoms with E-state index in [4.69, 9.17) is 4.74 Å². The maximum atomic E-state index is 13.8. The van der Waals surface area contributed by atoms with Crippen LogP contribution in [0.4, 0.5) is 16.5 Å². The molecule has 3 amide bonds. The van der Waals surface area contributed by atoms with Gasteiger partial charge in [-0.15, -0.1) is 11.8 Å². The fraction of sp³-hybridized carbons (Fsp3) is 0.100. The lowest BCUT2D eigenvalue weighted by Gasteiger charge is -2.17. The predicted molar refractivity (Wildman–Crippen MR) is 208 cm³/mol. The van der Waals surface area contributed by atoms with Gasteiger partial charge in [0, 0.05) is 35.9 Å². The number of carbonyl (C=O) groups is 3. The molecule has 1 heterocycles. The van der Waals surface area contributed by atoms with Gasteiger partial charge in [-0.1, -0.05) is 78.1 Å². The van der Waals surface area contributed by atoms with Crippen LogP contribution in [0.15, 0.2) is 138 Å². The number of rotatable bonds is 12. The van der Waals surface area contributed by atoms with Crippen molar-refractivity contribution in [2.75, 3.05) is 36.7 Å². The highest BCUT2D eigenvalue weighted by molar-refractivity contribution is 8.00. The van der Waals surface area contributed by atoms with Crippen LogP contribution in [0.5, 0.6) is 5.75 Å². The van der Waals surface area contributed by atoms with Crippen molar-refractivity contribution in [3.05, 3.63) is 150 Å². The summed E-state index contributed by atoms with van der Waals surface area (Å²) in [6, 6.07) is 38.7. The van der Waals surface area contributed by atoms with Gasteiger partial charge < -0.3 is 25.6 Å². The largest absolute Gasteiger partial charge is 0.497 e. The zero-order chi connectivity index (χ0) is 35.7. The van der Waals surface area contributed by atoms with Crippen LogP contribution in [0, 0.1) is 0 Å². The lowest BCUT2D eigenvalue weighted by molar-refractivity contribution is -0.116. The number of nitrogens with zero attached hydrogens (tertiary/aromatic N) is 2. The quantitative estimate of drug-likeness (QED) is 0.0865. The zero-order valence-corrected chi connectivity index (χ0v) is 29.8. The van der Waals surface area contributed by atoms with Crippen LogP contribution in [0.1, 0.15) is 26.7 Å². The number of methoxy groups -OCH3 is 1. The van der Waals surface area contributed by atoms with Gasteiger partial charge in [-0.25, -0.2) is 4.98 Å². The molecule has 0 aliphatic heterocycles. The first-order valence-electron chi connectivity index (χ1n) is 16.0. The fourth-order valence-electron chi connectivity index (χ4n) is 5.12. The maximum Gasteiger partial charge on any atom is 0.272 e. The number of benzene rings is 5. The predicted octanol–water partition coefficient (Wildman–Crippen LogP) is 8.25. The van der Waals surface area contributed by atoms with E-state index in [0.717, 1.165) is 31.9 Å². The van der Waals surface area contributed by atoms with Crippen LogP contribution in [0.25, 0.3) is 16.3 Å². The Morgan fingerprint density at radius 2 is 1.55 bits per heavy atom. The number of aromatic nitrogens is 1. The number of hydrogen-bond donors (Lipinski definition) is 3. The first-order valence-corrected chi connectivity index (χ1v) is 17.7.